The summed E-state index contributed by atoms with van der Waals surface area (Å²) in [6.07, 6.45) is 2.43. The maximum absolute atomic E-state index is 12.4. The molecule has 0 radical (unpaired) electrons. The highest BCUT2D eigenvalue weighted by Gasteiger charge is 2.38. The number of ether oxygens (including phenoxy) is 1. The quantitative estimate of drug-likeness (QED) is 0.636. The van der Waals surface area contributed by atoms with Gasteiger partial charge in [0.25, 0.3) is 0 Å². The Balaban J connectivity index is 2.17. The van der Waals surface area contributed by atoms with Crippen LogP contribution < -0.4 is 0 Å². The number of benzene rings is 1. The van der Waals surface area contributed by atoms with Gasteiger partial charge in [0.15, 0.2) is 5.78 Å². The second-order valence-electron chi connectivity index (χ2n) is 4.54. The maximum Gasteiger partial charge on any atom is 0.309 e. The highest BCUT2D eigenvalue weighted by Crippen LogP contribution is 2.35. The number of methoxy groups -OCH3 is 1. The summed E-state index contributed by atoms with van der Waals surface area (Å²) in [7, 11) is 1.38. The van der Waals surface area contributed by atoms with Crippen LogP contribution in [0.15, 0.2) is 28.7 Å². The van der Waals surface area contributed by atoms with Gasteiger partial charge < -0.3 is 4.74 Å². The topological polar surface area (TPSA) is 43.4 Å². The molecule has 0 aromatic heterocycles. The zero-order chi connectivity index (χ0) is 13.1. The van der Waals surface area contributed by atoms with Gasteiger partial charge in [-0.25, -0.2) is 0 Å². The summed E-state index contributed by atoms with van der Waals surface area (Å²) in [6, 6.07) is 7.27. The highest BCUT2D eigenvalue weighted by atomic mass is 79.9. The Kier molecular flexibility index (Phi) is 4.17. The molecule has 2 atom stereocenters. The van der Waals surface area contributed by atoms with Crippen molar-refractivity contribution in [2.75, 3.05) is 7.11 Å². The van der Waals surface area contributed by atoms with Crippen molar-refractivity contribution in [1.82, 2.24) is 0 Å². The van der Waals surface area contributed by atoms with Crippen molar-refractivity contribution in [3.8, 4) is 0 Å². The third-order valence-corrected chi connectivity index (χ3v) is 4.01. The van der Waals surface area contributed by atoms with E-state index in [1.54, 1.807) is 12.1 Å². The monoisotopic (exact) mass is 310 g/mol. The molecular weight excluding hydrogens is 296 g/mol. The van der Waals surface area contributed by atoms with E-state index in [2.05, 4.69) is 15.9 Å². The van der Waals surface area contributed by atoms with Gasteiger partial charge in [-0.15, -0.1) is 0 Å². The molecule has 1 saturated carbocycles. The van der Waals surface area contributed by atoms with E-state index in [1.807, 2.05) is 12.1 Å². The molecule has 0 N–H and O–H groups in total. The first-order valence-electron chi connectivity index (χ1n) is 6.01. The Morgan fingerprint density at radius 1 is 1.17 bits per heavy atom. The van der Waals surface area contributed by atoms with Crippen LogP contribution in [-0.4, -0.2) is 18.9 Å². The van der Waals surface area contributed by atoms with Crippen LogP contribution in [0.2, 0.25) is 0 Å². The van der Waals surface area contributed by atoms with Crippen molar-refractivity contribution in [2.24, 2.45) is 11.8 Å². The predicted octanol–water partition coefficient (Wildman–Crippen LogP) is 3.22. The first-order chi connectivity index (χ1) is 8.63. The van der Waals surface area contributed by atoms with Crippen molar-refractivity contribution in [3.05, 3.63) is 34.3 Å². The summed E-state index contributed by atoms with van der Waals surface area (Å²) in [6.45, 7) is 0. The molecule has 1 aromatic carbocycles. The third kappa shape index (κ3) is 2.64. The lowest BCUT2D eigenvalue weighted by Crippen LogP contribution is -2.26. The SMILES string of the molecule is COC(=O)[C@@H]1CCC[C@H]1C(=O)c1ccc(Br)cc1. The molecular formula is C14H15BrO3. The molecule has 4 heteroatoms. The Labute approximate surface area is 115 Å². The third-order valence-electron chi connectivity index (χ3n) is 3.49. The van der Waals surface area contributed by atoms with Crippen LogP contribution in [0.1, 0.15) is 29.6 Å². The Morgan fingerprint density at radius 2 is 1.78 bits per heavy atom. The van der Waals surface area contributed by atoms with E-state index in [-0.39, 0.29) is 23.6 Å². The minimum absolute atomic E-state index is 0.0513. The van der Waals surface area contributed by atoms with Gasteiger partial charge in [0.05, 0.1) is 13.0 Å². The second kappa shape index (κ2) is 5.65. The van der Waals surface area contributed by atoms with Gasteiger partial charge in [-0.1, -0.05) is 34.5 Å². The number of hydrogen-bond donors (Lipinski definition) is 0. The number of carbonyl (C=O) groups is 2. The van der Waals surface area contributed by atoms with E-state index in [0.717, 1.165) is 23.7 Å². The van der Waals surface area contributed by atoms with Crippen molar-refractivity contribution in [2.45, 2.75) is 19.3 Å². The average Bonchev–Trinajstić information content (AvgIpc) is 2.87. The number of ketones is 1. The van der Waals surface area contributed by atoms with Gasteiger partial charge in [0.2, 0.25) is 0 Å². The smallest absolute Gasteiger partial charge is 0.309 e. The van der Waals surface area contributed by atoms with Crippen LogP contribution >= 0.6 is 15.9 Å². The van der Waals surface area contributed by atoms with Crippen LogP contribution in [0.3, 0.4) is 0 Å². The minimum Gasteiger partial charge on any atom is -0.469 e. The molecule has 3 nitrogen and oxygen atoms in total. The molecule has 96 valence electrons. The summed E-state index contributed by atoms with van der Waals surface area (Å²) >= 11 is 3.34. The average molecular weight is 311 g/mol. The lowest BCUT2D eigenvalue weighted by molar-refractivity contribution is -0.146. The number of rotatable bonds is 3. The summed E-state index contributed by atoms with van der Waals surface area (Å²) in [5.74, 6) is -0.705. The first kappa shape index (κ1) is 13.3. The van der Waals surface area contributed by atoms with E-state index < -0.39 is 0 Å². The normalized spacial score (nSPS) is 22.8. The molecule has 1 aromatic rings. The van der Waals surface area contributed by atoms with Gasteiger partial charge in [-0.3, -0.25) is 9.59 Å². The summed E-state index contributed by atoms with van der Waals surface area (Å²) in [4.78, 5) is 24.0. The lowest BCUT2D eigenvalue weighted by atomic mass is 9.88. The van der Waals surface area contributed by atoms with Gasteiger partial charge in [0, 0.05) is 16.0 Å². The molecule has 0 amide bonds. The summed E-state index contributed by atoms with van der Waals surface area (Å²) < 4.78 is 5.71. The largest absolute Gasteiger partial charge is 0.469 e. The molecule has 0 saturated heterocycles. The number of halogens is 1. The van der Waals surface area contributed by atoms with Gasteiger partial charge in [0.1, 0.15) is 0 Å². The van der Waals surface area contributed by atoms with Crippen molar-refractivity contribution in [1.29, 1.82) is 0 Å². The second-order valence-corrected chi connectivity index (χ2v) is 5.45. The molecule has 0 bridgehead atoms. The fourth-order valence-corrected chi connectivity index (χ4v) is 2.80. The Hall–Kier alpha value is -1.16. The Bertz CT molecular complexity index is 453. The fraction of sp³-hybridized carbons (Fsp3) is 0.429. The van der Waals surface area contributed by atoms with E-state index in [9.17, 15) is 9.59 Å². The van der Waals surface area contributed by atoms with E-state index in [0.29, 0.717) is 5.56 Å². The predicted molar refractivity (Wildman–Crippen MR) is 71.3 cm³/mol. The molecule has 0 unspecified atom stereocenters. The Morgan fingerprint density at radius 3 is 2.39 bits per heavy atom. The summed E-state index contributed by atoms with van der Waals surface area (Å²) in [5.41, 5.74) is 0.666. The van der Waals surface area contributed by atoms with Crippen molar-refractivity contribution >= 4 is 27.7 Å². The van der Waals surface area contributed by atoms with Crippen LogP contribution in [-0.2, 0) is 9.53 Å². The molecule has 2 rings (SSSR count). The van der Waals surface area contributed by atoms with Gasteiger partial charge in [-0.2, -0.15) is 0 Å². The molecule has 0 aliphatic heterocycles. The molecule has 1 aliphatic rings. The number of hydrogen-bond acceptors (Lipinski definition) is 3. The van der Waals surface area contributed by atoms with Crippen LogP contribution in [0.25, 0.3) is 0 Å². The van der Waals surface area contributed by atoms with Crippen LogP contribution in [0.5, 0.6) is 0 Å². The molecule has 0 heterocycles. The van der Waals surface area contributed by atoms with Gasteiger partial charge in [-0.05, 0) is 25.0 Å². The van der Waals surface area contributed by atoms with E-state index in [1.165, 1.54) is 7.11 Å². The minimum atomic E-state index is -0.272. The number of Topliss-reactive ketones (excluding diaryl/α,β-unsaturated/α-hetero) is 1. The zero-order valence-electron chi connectivity index (χ0n) is 10.2. The molecule has 18 heavy (non-hydrogen) atoms. The van der Waals surface area contributed by atoms with E-state index >= 15 is 0 Å². The zero-order valence-corrected chi connectivity index (χ0v) is 11.8. The maximum atomic E-state index is 12.4. The standard InChI is InChI=1S/C14H15BrO3/c1-18-14(17)12-4-2-3-11(12)13(16)9-5-7-10(15)8-6-9/h5-8,11-12H,2-4H2,1H3/t11-,12-/m1/s1. The first-order valence-corrected chi connectivity index (χ1v) is 6.80. The molecule has 1 fully saturated rings. The van der Waals surface area contributed by atoms with Gasteiger partial charge >= 0.3 is 5.97 Å². The lowest BCUT2D eigenvalue weighted by Gasteiger charge is -2.16. The van der Waals surface area contributed by atoms with Crippen molar-refractivity contribution in [3.63, 3.8) is 0 Å². The fourth-order valence-electron chi connectivity index (χ4n) is 2.54. The molecule has 1 aliphatic carbocycles. The van der Waals surface area contributed by atoms with E-state index in [4.69, 9.17) is 4.74 Å². The number of carbonyl (C=O) groups excluding carboxylic acids is 2. The van der Waals surface area contributed by atoms with Crippen LogP contribution in [0.4, 0.5) is 0 Å². The molecule has 0 spiro atoms. The highest BCUT2D eigenvalue weighted by molar-refractivity contribution is 9.10. The van der Waals surface area contributed by atoms with Crippen molar-refractivity contribution < 1.29 is 14.3 Å². The van der Waals surface area contributed by atoms with Crippen LogP contribution in [0, 0.1) is 11.8 Å². The summed E-state index contributed by atoms with van der Waals surface area (Å²) in [5, 5.41) is 0. The number of esters is 1.